The third-order valence-corrected chi connectivity index (χ3v) is 6.31. The average Bonchev–Trinajstić information content (AvgIpc) is 2.84. The van der Waals surface area contributed by atoms with Crippen LogP contribution in [0.4, 0.5) is 4.39 Å². The fraction of sp³-hybridized carbons (Fsp3) is 0.217. The van der Waals surface area contributed by atoms with Crippen molar-refractivity contribution < 1.29 is 13.2 Å². The number of nitrogens with zero attached hydrogens (tertiary/aromatic N) is 2. The molecular weight excluding hydrogens is 453 g/mol. The molecule has 0 radical (unpaired) electrons. The molecule has 1 aliphatic heterocycles. The van der Waals surface area contributed by atoms with Crippen molar-refractivity contribution in [2.75, 3.05) is 6.54 Å². The molecule has 2 atom stereocenters. The Balaban J connectivity index is 1.95. The molecular formula is C23H21ClFN3O3S. The van der Waals surface area contributed by atoms with Crippen LogP contribution in [-0.4, -0.2) is 25.6 Å². The number of aliphatic imine (C=N–C) groups is 1. The first kappa shape index (κ1) is 22.5. The van der Waals surface area contributed by atoms with Gasteiger partial charge in [0, 0.05) is 47.6 Å². The topological polar surface area (TPSA) is 83.7 Å². The zero-order chi connectivity index (χ0) is 23.0. The van der Waals surface area contributed by atoms with Crippen LogP contribution in [0.2, 0.25) is 5.02 Å². The van der Waals surface area contributed by atoms with Gasteiger partial charge in [-0.2, -0.15) is 0 Å². The Morgan fingerprint density at radius 1 is 1.19 bits per heavy atom. The summed E-state index contributed by atoms with van der Waals surface area (Å²) >= 11 is 4.48. The van der Waals surface area contributed by atoms with E-state index in [9.17, 15) is 13.4 Å². The Hall–Kier alpha value is -2.65. The van der Waals surface area contributed by atoms with Gasteiger partial charge in [0.1, 0.15) is 5.82 Å². The SMILES string of the molecule is C[C@@H]1N=C(c2ccc(F)cc2)c2cc(Cl)c(CCNS(=O)O)cc2-c2cn(C)c(=O)cc21. The minimum absolute atomic E-state index is 0.138. The van der Waals surface area contributed by atoms with Crippen molar-refractivity contribution in [2.24, 2.45) is 12.0 Å². The van der Waals surface area contributed by atoms with E-state index in [2.05, 4.69) is 4.72 Å². The second kappa shape index (κ2) is 9.07. The molecule has 4 rings (SSSR count). The molecule has 0 amide bonds. The van der Waals surface area contributed by atoms with Crippen LogP contribution in [0.3, 0.4) is 0 Å². The summed E-state index contributed by atoms with van der Waals surface area (Å²) in [6, 6.07) is 11.1. The molecule has 1 aromatic heterocycles. The minimum atomic E-state index is -2.11. The number of aryl methyl sites for hydroxylation is 1. The van der Waals surface area contributed by atoms with Crippen LogP contribution in [0.1, 0.15) is 35.2 Å². The van der Waals surface area contributed by atoms with Gasteiger partial charge in [0.15, 0.2) is 0 Å². The molecule has 0 saturated carbocycles. The number of hydrogen-bond donors (Lipinski definition) is 2. The minimum Gasteiger partial charge on any atom is -0.318 e. The van der Waals surface area contributed by atoms with Crippen LogP contribution in [0, 0.1) is 5.82 Å². The third-order valence-electron chi connectivity index (χ3n) is 5.50. The maximum atomic E-state index is 13.6. The molecule has 0 saturated heterocycles. The van der Waals surface area contributed by atoms with Crippen molar-refractivity contribution in [1.82, 2.24) is 9.29 Å². The maximum absolute atomic E-state index is 13.6. The molecule has 166 valence electrons. The Morgan fingerprint density at radius 3 is 2.59 bits per heavy atom. The Labute approximate surface area is 192 Å². The first-order chi connectivity index (χ1) is 15.2. The highest BCUT2D eigenvalue weighted by Gasteiger charge is 2.25. The molecule has 0 spiro atoms. The van der Waals surface area contributed by atoms with Crippen LogP contribution in [0.5, 0.6) is 0 Å². The predicted molar refractivity (Wildman–Crippen MR) is 125 cm³/mol. The van der Waals surface area contributed by atoms with Gasteiger partial charge in [0.05, 0.1) is 11.8 Å². The standard InChI is InChI=1S/C23H21ClFN3O3S/c1-13-17-11-22(29)28(2)12-20(17)18-9-15(7-8-26-32(30)31)21(24)10-19(18)23(27-13)14-3-5-16(25)6-4-14/h3-6,9-13,26H,7-8H2,1-2H3,(H,30,31)/t13-/m0/s1. The predicted octanol–water partition coefficient (Wildman–Crippen LogP) is 4.03. The fourth-order valence-electron chi connectivity index (χ4n) is 3.89. The summed E-state index contributed by atoms with van der Waals surface area (Å²) in [5.41, 5.74) is 5.29. The van der Waals surface area contributed by atoms with E-state index in [4.69, 9.17) is 21.1 Å². The summed E-state index contributed by atoms with van der Waals surface area (Å²) < 4.78 is 37.5. The van der Waals surface area contributed by atoms with E-state index in [-0.39, 0.29) is 24.0 Å². The number of rotatable bonds is 5. The molecule has 1 unspecified atom stereocenters. The highest BCUT2D eigenvalue weighted by Crippen LogP contribution is 2.39. The normalized spacial score (nSPS) is 16.0. The van der Waals surface area contributed by atoms with Crippen molar-refractivity contribution in [2.45, 2.75) is 19.4 Å². The monoisotopic (exact) mass is 473 g/mol. The first-order valence-electron chi connectivity index (χ1n) is 9.96. The molecule has 2 aromatic carbocycles. The van der Waals surface area contributed by atoms with Gasteiger partial charge in [-0.25, -0.2) is 13.3 Å². The highest BCUT2D eigenvalue weighted by atomic mass is 35.5. The van der Waals surface area contributed by atoms with E-state index < -0.39 is 11.3 Å². The molecule has 3 aromatic rings. The zero-order valence-corrected chi connectivity index (χ0v) is 19.0. The van der Waals surface area contributed by atoms with E-state index in [1.807, 2.05) is 19.1 Å². The summed E-state index contributed by atoms with van der Waals surface area (Å²) in [6.07, 6.45) is 2.22. The fourth-order valence-corrected chi connectivity index (χ4v) is 4.42. The number of halogens is 2. The molecule has 9 heteroatoms. The lowest BCUT2D eigenvalue weighted by Crippen LogP contribution is -2.19. The van der Waals surface area contributed by atoms with Crippen molar-refractivity contribution >= 4 is 28.6 Å². The lowest BCUT2D eigenvalue weighted by atomic mass is 9.90. The molecule has 0 bridgehead atoms. The molecule has 0 aliphatic carbocycles. The van der Waals surface area contributed by atoms with Crippen LogP contribution in [0.25, 0.3) is 11.1 Å². The van der Waals surface area contributed by atoms with Gasteiger partial charge in [0.2, 0.25) is 11.3 Å². The summed E-state index contributed by atoms with van der Waals surface area (Å²) in [5.74, 6) is -0.343. The lowest BCUT2D eigenvalue weighted by molar-refractivity contribution is 0.549. The van der Waals surface area contributed by atoms with E-state index in [0.29, 0.717) is 17.2 Å². The van der Waals surface area contributed by atoms with Crippen LogP contribution >= 0.6 is 11.6 Å². The Morgan fingerprint density at radius 2 is 1.91 bits per heavy atom. The lowest BCUT2D eigenvalue weighted by Gasteiger charge is -2.16. The van der Waals surface area contributed by atoms with E-state index >= 15 is 0 Å². The molecule has 6 nitrogen and oxygen atoms in total. The molecule has 2 heterocycles. The Kier molecular flexibility index (Phi) is 6.39. The van der Waals surface area contributed by atoms with Gasteiger partial charge < -0.3 is 4.57 Å². The second-order valence-electron chi connectivity index (χ2n) is 7.63. The van der Waals surface area contributed by atoms with E-state index in [1.54, 1.807) is 31.4 Å². The van der Waals surface area contributed by atoms with Gasteiger partial charge in [-0.15, -0.1) is 0 Å². The van der Waals surface area contributed by atoms with E-state index in [0.717, 1.165) is 33.4 Å². The van der Waals surface area contributed by atoms with Crippen LogP contribution < -0.4 is 10.3 Å². The van der Waals surface area contributed by atoms with E-state index in [1.165, 1.54) is 16.7 Å². The van der Waals surface area contributed by atoms with Gasteiger partial charge in [-0.05, 0) is 66.4 Å². The van der Waals surface area contributed by atoms with Crippen molar-refractivity contribution in [3.63, 3.8) is 0 Å². The number of pyridine rings is 1. The molecule has 32 heavy (non-hydrogen) atoms. The van der Waals surface area contributed by atoms with Crippen molar-refractivity contribution in [3.05, 3.63) is 92.1 Å². The summed E-state index contributed by atoms with van der Waals surface area (Å²) in [5, 5.41) is 0.491. The van der Waals surface area contributed by atoms with Gasteiger partial charge >= 0.3 is 0 Å². The first-order valence-corrected chi connectivity index (χ1v) is 11.4. The Bertz CT molecular complexity index is 1310. The summed E-state index contributed by atoms with van der Waals surface area (Å²) in [7, 11) is 1.69. The maximum Gasteiger partial charge on any atom is 0.250 e. The molecule has 0 fully saturated rings. The van der Waals surface area contributed by atoms with Crippen molar-refractivity contribution in [1.29, 1.82) is 0 Å². The summed E-state index contributed by atoms with van der Waals surface area (Å²) in [6.45, 7) is 2.17. The van der Waals surface area contributed by atoms with Gasteiger partial charge in [-0.3, -0.25) is 14.3 Å². The summed E-state index contributed by atoms with van der Waals surface area (Å²) in [4.78, 5) is 17.3. The number of benzene rings is 2. The average molecular weight is 474 g/mol. The number of aromatic nitrogens is 1. The largest absolute Gasteiger partial charge is 0.318 e. The quantitative estimate of drug-likeness (QED) is 0.549. The molecule has 1 aliphatic rings. The number of hydrogen-bond acceptors (Lipinski definition) is 3. The number of nitrogens with one attached hydrogen (secondary N) is 1. The van der Waals surface area contributed by atoms with Crippen molar-refractivity contribution in [3.8, 4) is 11.1 Å². The zero-order valence-electron chi connectivity index (χ0n) is 17.4. The van der Waals surface area contributed by atoms with Crippen LogP contribution in [0.15, 0.2) is 58.4 Å². The smallest absolute Gasteiger partial charge is 0.250 e. The van der Waals surface area contributed by atoms with Crippen LogP contribution in [-0.2, 0) is 24.7 Å². The highest BCUT2D eigenvalue weighted by molar-refractivity contribution is 7.77. The van der Waals surface area contributed by atoms with Gasteiger partial charge in [0.25, 0.3) is 5.56 Å². The molecule has 2 N–H and O–H groups in total. The number of fused-ring (bicyclic) bond motifs is 3. The third kappa shape index (κ3) is 4.45. The second-order valence-corrected chi connectivity index (χ2v) is 8.83. The van der Waals surface area contributed by atoms with Gasteiger partial charge in [-0.1, -0.05) is 11.6 Å².